The van der Waals surface area contributed by atoms with Crippen molar-refractivity contribution in [2.75, 3.05) is 37.7 Å². The van der Waals surface area contributed by atoms with E-state index in [-0.39, 0.29) is 0 Å². The van der Waals surface area contributed by atoms with Crippen molar-refractivity contribution in [2.24, 2.45) is 0 Å². The summed E-state index contributed by atoms with van der Waals surface area (Å²) in [7, 11) is 0. The van der Waals surface area contributed by atoms with Crippen LogP contribution in [0.15, 0.2) is 18.2 Å². The molecule has 1 aliphatic heterocycles. The summed E-state index contributed by atoms with van der Waals surface area (Å²) in [4.78, 5) is 5.93. The maximum atomic E-state index is 5.62. The van der Waals surface area contributed by atoms with E-state index in [9.17, 15) is 0 Å². The molecular formula is C15H21N3O. The fourth-order valence-corrected chi connectivity index (χ4v) is 2.84. The molecule has 102 valence electrons. The van der Waals surface area contributed by atoms with Gasteiger partial charge in [0.2, 0.25) is 0 Å². The van der Waals surface area contributed by atoms with E-state index in [1.165, 1.54) is 22.3 Å². The second-order valence-corrected chi connectivity index (χ2v) is 4.98. The molecule has 2 N–H and O–H groups in total. The Morgan fingerprint density at radius 1 is 1.26 bits per heavy atom. The Morgan fingerprint density at radius 3 is 2.79 bits per heavy atom. The van der Waals surface area contributed by atoms with Crippen LogP contribution in [0.3, 0.4) is 0 Å². The van der Waals surface area contributed by atoms with Gasteiger partial charge in [-0.05, 0) is 32.0 Å². The molecular weight excluding hydrogens is 238 g/mol. The Morgan fingerprint density at radius 2 is 2.05 bits per heavy atom. The molecule has 4 heteroatoms. The Labute approximate surface area is 113 Å². The zero-order chi connectivity index (χ0) is 13.2. The lowest BCUT2D eigenvalue weighted by atomic mass is 10.2. The highest BCUT2D eigenvalue weighted by atomic mass is 16.5. The number of anilines is 1. The molecule has 19 heavy (non-hydrogen) atoms. The summed E-state index contributed by atoms with van der Waals surface area (Å²) in [6.07, 6.45) is 0. The van der Waals surface area contributed by atoms with Gasteiger partial charge in [-0.3, -0.25) is 0 Å². The molecule has 4 nitrogen and oxygen atoms in total. The minimum atomic E-state index is 0.706. The van der Waals surface area contributed by atoms with Gasteiger partial charge in [0.1, 0.15) is 5.75 Å². The quantitative estimate of drug-likeness (QED) is 0.888. The van der Waals surface area contributed by atoms with Crippen LogP contribution in [-0.2, 0) is 0 Å². The number of ether oxygens (including phenoxy) is 1. The first kappa shape index (κ1) is 12.4. The molecule has 2 heterocycles. The van der Waals surface area contributed by atoms with Gasteiger partial charge in [-0.15, -0.1) is 0 Å². The zero-order valence-corrected chi connectivity index (χ0v) is 11.6. The Balaban J connectivity index is 2.05. The highest BCUT2D eigenvalue weighted by molar-refractivity contribution is 5.95. The van der Waals surface area contributed by atoms with Crippen molar-refractivity contribution >= 4 is 16.6 Å². The fourth-order valence-electron chi connectivity index (χ4n) is 2.84. The van der Waals surface area contributed by atoms with Crippen molar-refractivity contribution in [1.82, 2.24) is 10.3 Å². The molecule has 3 rings (SSSR count). The third-order valence-electron chi connectivity index (χ3n) is 3.67. The van der Waals surface area contributed by atoms with Gasteiger partial charge in [-0.2, -0.15) is 0 Å². The number of nitrogens with zero attached hydrogens (tertiary/aromatic N) is 1. The number of H-pyrrole nitrogens is 1. The summed E-state index contributed by atoms with van der Waals surface area (Å²) < 4.78 is 5.62. The third-order valence-corrected chi connectivity index (χ3v) is 3.67. The molecule has 0 atom stereocenters. The van der Waals surface area contributed by atoms with Crippen LogP contribution in [0.5, 0.6) is 5.75 Å². The van der Waals surface area contributed by atoms with Gasteiger partial charge in [-0.1, -0.05) is 0 Å². The number of aryl methyl sites for hydroxylation is 1. The van der Waals surface area contributed by atoms with Crippen LogP contribution in [-0.4, -0.2) is 37.8 Å². The second kappa shape index (κ2) is 5.13. The van der Waals surface area contributed by atoms with Gasteiger partial charge in [0, 0.05) is 42.8 Å². The van der Waals surface area contributed by atoms with Gasteiger partial charge < -0.3 is 19.9 Å². The van der Waals surface area contributed by atoms with Gasteiger partial charge in [0.15, 0.2) is 0 Å². The molecule has 1 saturated heterocycles. The normalized spacial score (nSPS) is 16.0. The molecule has 2 aromatic rings. The van der Waals surface area contributed by atoms with Gasteiger partial charge in [0.25, 0.3) is 0 Å². The number of hydrogen-bond acceptors (Lipinski definition) is 3. The van der Waals surface area contributed by atoms with Crippen molar-refractivity contribution in [3.63, 3.8) is 0 Å². The summed E-state index contributed by atoms with van der Waals surface area (Å²) in [5, 5.41) is 4.67. The number of fused-ring (bicyclic) bond motifs is 1. The zero-order valence-electron chi connectivity index (χ0n) is 11.6. The van der Waals surface area contributed by atoms with Crippen molar-refractivity contribution in [3.05, 3.63) is 23.9 Å². The number of nitrogens with one attached hydrogen (secondary N) is 2. The van der Waals surface area contributed by atoms with Crippen molar-refractivity contribution < 1.29 is 4.74 Å². The van der Waals surface area contributed by atoms with Crippen molar-refractivity contribution in [1.29, 1.82) is 0 Å². The SMILES string of the molecule is CCOc1ccc2[nH]c(C)c(N3CCNCC3)c2c1. The number of aromatic nitrogens is 1. The second-order valence-electron chi connectivity index (χ2n) is 4.98. The third kappa shape index (κ3) is 2.28. The van der Waals surface area contributed by atoms with Crippen LogP contribution < -0.4 is 15.0 Å². The number of rotatable bonds is 3. The lowest BCUT2D eigenvalue weighted by Gasteiger charge is -2.29. The average molecular weight is 259 g/mol. The highest BCUT2D eigenvalue weighted by Crippen LogP contribution is 2.33. The van der Waals surface area contributed by atoms with Crippen LogP contribution in [0.1, 0.15) is 12.6 Å². The summed E-state index contributed by atoms with van der Waals surface area (Å²) in [5.74, 6) is 0.949. The smallest absolute Gasteiger partial charge is 0.120 e. The van der Waals surface area contributed by atoms with Crippen LogP contribution in [0, 0.1) is 6.92 Å². The van der Waals surface area contributed by atoms with Gasteiger partial charge >= 0.3 is 0 Å². The molecule has 0 radical (unpaired) electrons. The van der Waals surface area contributed by atoms with Crippen LogP contribution >= 0.6 is 0 Å². The number of piperazine rings is 1. The van der Waals surface area contributed by atoms with E-state index in [2.05, 4.69) is 34.3 Å². The van der Waals surface area contributed by atoms with Crippen LogP contribution in [0.2, 0.25) is 0 Å². The standard InChI is InChI=1S/C15H21N3O/c1-3-19-12-4-5-14-13(10-12)15(11(2)17-14)18-8-6-16-7-9-18/h4-5,10,16-17H,3,6-9H2,1-2H3. The van der Waals surface area contributed by atoms with E-state index in [1.54, 1.807) is 0 Å². The summed E-state index contributed by atoms with van der Waals surface area (Å²) >= 11 is 0. The molecule has 0 bridgehead atoms. The minimum Gasteiger partial charge on any atom is -0.494 e. The molecule has 1 aromatic carbocycles. The Hall–Kier alpha value is -1.68. The maximum absolute atomic E-state index is 5.62. The predicted octanol–water partition coefficient (Wildman–Crippen LogP) is 2.28. The summed E-state index contributed by atoms with van der Waals surface area (Å²) in [6, 6.07) is 6.29. The van der Waals surface area contributed by atoms with Gasteiger partial charge in [0.05, 0.1) is 12.3 Å². The van der Waals surface area contributed by atoms with E-state index in [0.29, 0.717) is 6.61 Å². The molecule has 0 unspecified atom stereocenters. The number of hydrogen-bond donors (Lipinski definition) is 2. The maximum Gasteiger partial charge on any atom is 0.120 e. The number of benzene rings is 1. The molecule has 1 aromatic heterocycles. The van der Waals surface area contributed by atoms with Gasteiger partial charge in [-0.25, -0.2) is 0 Å². The van der Waals surface area contributed by atoms with Crippen molar-refractivity contribution in [3.8, 4) is 5.75 Å². The van der Waals surface area contributed by atoms with Crippen molar-refractivity contribution in [2.45, 2.75) is 13.8 Å². The predicted molar refractivity (Wildman–Crippen MR) is 79.3 cm³/mol. The molecule has 0 aliphatic carbocycles. The van der Waals surface area contributed by atoms with E-state index < -0.39 is 0 Å². The van der Waals surface area contributed by atoms with E-state index in [0.717, 1.165) is 31.9 Å². The van der Waals surface area contributed by atoms with E-state index >= 15 is 0 Å². The van der Waals surface area contributed by atoms with E-state index in [1.807, 2.05) is 13.0 Å². The molecule has 0 spiro atoms. The van der Waals surface area contributed by atoms with E-state index in [4.69, 9.17) is 4.74 Å². The molecule has 0 amide bonds. The summed E-state index contributed by atoms with van der Waals surface area (Å²) in [5.41, 5.74) is 3.76. The first-order valence-corrected chi connectivity index (χ1v) is 7.00. The molecule has 1 fully saturated rings. The monoisotopic (exact) mass is 259 g/mol. The lowest BCUT2D eigenvalue weighted by Crippen LogP contribution is -2.43. The molecule has 0 saturated carbocycles. The lowest BCUT2D eigenvalue weighted by molar-refractivity contribution is 0.341. The highest BCUT2D eigenvalue weighted by Gasteiger charge is 2.17. The molecule has 1 aliphatic rings. The Bertz CT molecular complexity index is 570. The first-order valence-electron chi connectivity index (χ1n) is 7.00. The summed E-state index contributed by atoms with van der Waals surface area (Å²) in [6.45, 7) is 9.10. The minimum absolute atomic E-state index is 0.706. The van der Waals surface area contributed by atoms with Crippen LogP contribution in [0.4, 0.5) is 5.69 Å². The Kier molecular flexibility index (Phi) is 3.34. The topological polar surface area (TPSA) is 40.3 Å². The largest absolute Gasteiger partial charge is 0.494 e. The fraction of sp³-hybridized carbons (Fsp3) is 0.467. The first-order chi connectivity index (χ1) is 9.29. The number of aromatic amines is 1. The average Bonchev–Trinajstić information content (AvgIpc) is 2.75. The van der Waals surface area contributed by atoms with Crippen LogP contribution in [0.25, 0.3) is 10.9 Å².